The minimum absolute atomic E-state index is 0.143. The van der Waals surface area contributed by atoms with E-state index in [1.54, 1.807) is 6.07 Å². The second kappa shape index (κ2) is 12.6. The van der Waals surface area contributed by atoms with Crippen LogP contribution in [-0.4, -0.2) is 50.2 Å². The Bertz CT molecular complexity index is 1860. The molecule has 8 heteroatoms. The zero-order valence-electron chi connectivity index (χ0n) is 25.3. The van der Waals surface area contributed by atoms with Crippen molar-refractivity contribution in [3.8, 4) is 11.1 Å². The Balaban J connectivity index is 1.25. The molecule has 7 nitrogen and oxygen atoms in total. The van der Waals surface area contributed by atoms with Crippen molar-refractivity contribution in [3.05, 3.63) is 155 Å². The van der Waals surface area contributed by atoms with E-state index in [1.165, 1.54) is 11.0 Å². The summed E-state index contributed by atoms with van der Waals surface area (Å²) in [5.74, 6) is -0.274. The lowest BCUT2D eigenvalue weighted by atomic mass is 9.77. The molecule has 2 N–H and O–H groups in total. The second-order valence-electron chi connectivity index (χ2n) is 11.7. The number of aromatic nitrogens is 3. The summed E-state index contributed by atoms with van der Waals surface area (Å²) in [5.41, 5.74) is 6.38. The van der Waals surface area contributed by atoms with Crippen LogP contribution in [-0.2, 0) is 12.1 Å². The van der Waals surface area contributed by atoms with Crippen LogP contribution in [0.3, 0.4) is 0 Å². The van der Waals surface area contributed by atoms with Gasteiger partial charge in [0, 0.05) is 31.2 Å². The van der Waals surface area contributed by atoms with Crippen LogP contribution in [0, 0.1) is 5.82 Å². The Morgan fingerprint density at radius 3 is 1.89 bits per heavy atom. The normalized spacial score (nSPS) is 14.1. The Morgan fingerprint density at radius 2 is 1.33 bits per heavy atom. The fourth-order valence-electron chi connectivity index (χ4n) is 6.67. The molecule has 0 unspecified atom stereocenters. The lowest BCUT2D eigenvalue weighted by Gasteiger charge is -2.36. The third kappa shape index (κ3) is 5.41. The first-order chi connectivity index (χ1) is 22.5. The molecule has 1 fully saturated rings. The number of benzene rings is 5. The second-order valence-corrected chi connectivity index (χ2v) is 11.7. The third-order valence-electron chi connectivity index (χ3n) is 9.06. The Hall–Kier alpha value is -5.34. The number of likely N-dealkylation sites (tertiary alicyclic amines) is 1. The number of fused-ring (bicyclic) bond motifs is 1. The van der Waals surface area contributed by atoms with E-state index in [9.17, 15) is 14.3 Å². The van der Waals surface area contributed by atoms with Crippen molar-refractivity contribution in [1.29, 1.82) is 0 Å². The van der Waals surface area contributed by atoms with Gasteiger partial charge >= 0.3 is 6.09 Å². The molecule has 46 heavy (non-hydrogen) atoms. The highest BCUT2D eigenvalue weighted by Gasteiger charge is 2.40. The van der Waals surface area contributed by atoms with Gasteiger partial charge in [-0.05, 0) is 64.9 Å². The fraction of sp³-hybridized carbons (Fsp3) is 0.184. The predicted molar refractivity (Wildman–Crippen MR) is 177 cm³/mol. The average molecular weight is 612 g/mol. The van der Waals surface area contributed by atoms with Gasteiger partial charge in [0.15, 0.2) is 0 Å². The van der Waals surface area contributed by atoms with E-state index >= 15 is 0 Å². The van der Waals surface area contributed by atoms with E-state index in [2.05, 4.69) is 46.8 Å². The van der Waals surface area contributed by atoms with Gasteiger partial charge in [0.2, 0.25) is 0 Å². The number of hydrogen-bond acceptors (Lipinski definition) is 4. The van der Waals surface area contributed by atoms with E-state index in [-0.39, 0.29) is 11.9 Å². The van der Waals surface area contributed by atoms with Crippen molar-refractivity contribution in [1.82, 2.24) is 25.2 Å². The first-order valence-electron chi connectivity index (χ1n) is 15.6. The molecular weight excluding hydrogens is 577 g/mol. The maximum absolute atomic E-state index is 14.9. The molecular formula is C38H34FN5O2. The van der Waals surface area contributed by atoms with Crippen molar-refractivity contribution in [2.45, 2.75) is 31.0 Å². The Kier molecular flexibility index (Phi) is 8.03. The van der Waals surface area contributed by atoms with Crippen LogP contribution in [0.1, 0.15) is 35.1 Å². The number of hydrogen-bond donors (Lipinski definition) is 2. The molecule has 1 saturated heterocycles. The Morgan fingerprint density at radius 1 is 0.783 bits per heavy atom. The molecule has 1 aliphatic rings. The van der Waals surface area contributed by atoms with Crippen molar-refractivity contribution in [2.24, 2.45) is 0 Å². The maximum Gasteiger partial charge on any atom is 0.407 e. The summed E-state index contributed by atoms with van der Waals surface area (Å²) in [6, 6.07) is 42.5. The van der Waals surface area contributed by atoms with Crippen LogP contribution in [0.5, 0.6) is 0 Å². The highest BCUT2D eigenvalue weighted by molar-refractivity contribution is 5.82. The molecule has 6 aromatic rings. The molecule has 0 saturated carbocycles. The highest BCUT2D eigenvalue weighted by atomic mass is 19.1. The van der Waals surface area contributed by atoms with E-state index in [4.69, 9.17) is 5.21 Å². The lowest BCUT2D eigenvalue weighted by molar-refractivity contribution is 0.129. The zero-order chi connectivity index (χ0) is 31.5. The van der Waals surface area contributed by atoms with E-state index in [0.717, 1.165) is 38.9 Å². The van der Waals surface area contributed by atoms with E-state index in [1.807, 2.05) is 83.5 Å². The van der Waals surface area contributed by atoms with Gasteiger partial charge in [0.05, 0.1) is 5.52 Å². The molecule has 7 rings (SSSR count). The lowest BCUT2D eigenvalue weighted by Crippen LogP contribution is -2.44. The monoisotopic (exact) mass is 611 g/mol. The van der Waals surface area contributed by atoms with Gasteiger partial charge in [-0.2, -0.15) is 0 Å². The van der Waals surface area contributed by atoms with E-state index in [0.29, 0.717) is 38.0 Å². The van der Waals surface area contributed by atoms with Gasteiger partial charge in [-0.15, -0.1) is 5.10 Å². The summed E-state index contributed by atoms with van der Waals surface area (Å²) in [4.78, 5) is 12.7. The summed E-state index contributed by atoms with van der Waals surface area (Å²) in [5, 5.41) is 22.1. The molecule has 230 valence electrons. The number of rotatable bonds is 8. The van der Waals surface area contributed by atoms with E-state index < -0.39 is 11.6 Å². The molecule has 1 amide bonds. The first-order valence-corrected chi connectivity index (χ1v) is 15.6. The summed E-state index contributed by atoms with van der Waals surface area (Å²) < 4.78 is 16.9. The van der Waals surface area contributed by atoms with Crippen LogP contribution in [0.25, 0.3) is 22.2 Å². The quantitative estimate of drug-likeness (QED) is 0.176. The smallest absolute Gasteiger partial charge is 0.407 e. The van der Waals surface area contributed by atoms with Gasteiger partial charge in [0.1, 0.15) is 16.9 Å². The molecule has 5 aromatic carbocycles. The standard InChI is InChI=1S/C38H34FN5O2/c39-34-18-16-27(24-29(34)26-40-33-20-22-43(23-21-33)37(45)46)28-17-19-36-35(25-28)41-42-44(36)38(30-10-4-1-5-11-30,31-12-6-2-7-13-31)32-14-8-3-9-15-32/h1-19,24-25,33,40H,20-23,26H2,(H,45,46). The summed E-state index contributed by atoms with van der Waals surface area (Å²) in [6.45, 7) is 1.33. The Labute approximate surface area is 266 Å². The topological polar surface area (TPSA) is 83.3 Å². The maximum atomic E-state index is 14.9. The summed E-state index contributed by atoms with van der Waals surface area (Å²) in [7, 11) is 0. The van der Waals surface area contributed by atoms with Crippen LogP contribution >= 0.6 is 0 Å². The number of halogens is 1. The number of amides is 1. The van der Waals surface area contributed by atoms with Crippen LogP contribution in [0.15, 0.2) is 127 Å². The minimum Gasteiger partial charge on any atom is -0.465 e. The average Bonchev–Trinajstić information content (AvgIpc) is 3.53. The van der Waals surface area contributed by atoms with Crippen molar-refractivity contribution < 1.29 is 14.3 Å². The minimum atomic E-state index is -0.889. The third-order valence-corrected chi connectivity index (χ3v) is 9.06. The SMILES string of the molecule is O=C(O)N1CCC(NCc2cc(-c3ccc4c(c3)nnn4C(c3ccccc3)(c3ccccc3)c3ccccc3)ccc2F)CC1. The summed E-state index contributed by atoms with van der Waals surface area (Å²) in [6.07, 6.45) is 0.521. The molecule has 0 atom stereocenters. The van der Waals surface area contributed by atoms with Gasteiger partial charge < -0.3 is 15.3 Å². The molecule has 1 aromatic heterocycles. The van der Waals surface area contributed by atoms with Crippen molar-refractivity contribution in [2.75, 3.05) is 13.1 Å². The van der Waals surface area contributed by atoms with Gasteiger partial charge in [0.25, 0.3) is 0 Å². The van der Waals surface area contributed by atoms with Gasteiger partial charge in [-0.3, -0.25) is 0 Å². The predicted octanol–water partition coefficient (Wildman–Crippen LogP) is 7.31. The number of carbonyl (C=O) groups is 1. The van der Waals surface area contributed by atoms with Crippen molar-refractivity contribution >= 4 is 17.1 Å². The number of nitrogens with one attached hydrogen (secondary N) is 1. The largest absolute Gasteiger partial charge is 0.465 e. The molecule has 0 radical (unpaired) electrons. The fourth-order valence-corrected chi connectivity index (χ4v) is 6.67. The van der Waals surface area contributed by atoms with Crippen LogP contribution in [0.4, 0.5) is 9.18 Å². The first kappa shape index (κ1) is 29.4. The number of carboxylic acid groups (broad SMARTS) is 1. The van der Waals surface area contributed by atoms with Crippen molar-refractivity contribution in [3.63, 3.8) is 0 Å². The number of nitrogens with zero attached hydrogens (tertiary/aromatic N) is 4. The molecule has 2 heterocycles. The van der Waals surface area contributed by atoms with Crippen LogP contribution < -0.4 is 5.32 Å². The van der Waals surface area contributed by atoms with Crippen LogP contribution in [0.2, 0.25) is 0 Å². The molecule has 0 bridgehead atoms. The van der Waals surface area contributed by atoms with Gasteiger partial charge in [-0.25, -0.2) is 13.9 Å². The molecule has 0 spiro atoms. The molecule has 0 aliphatic carbocycles. The molecule has 1 aliphatic heterocycles. The van der Waals surface area contributed by atoms with Gasteiger partial charge in [-0.1, -0.05) is 108 Å². The number of piperidine rings is 1. The zero-order valence-corrected chi connectivity index (χ0v) is 25.3. The highest BCUT2D eigenvalue weighted by Crippen LogP contribution is 2.42. The summed E-state index contributed by atoms with van der Waals surface area (Å²) >= 11 is 0.